The summed E-state index contributed by atoms with van der Waals surface area (Å²) in [6.07, 6.45) is -2.09. The molecular formula is C24H24Cl2F3N3O3. The van der Waals surface area contributed by atoms with Gasteiger partial charge in [-0.25, -0.2) is 9.78 Å². The van der Waals surface area contributed by atoms with Crippen molar-refractivity contribution in [1.82, 2.24) is 14.8 Å². The molecule has 0 N–H and O–H groups in total. The molecule has 2 bridgehead atoms. The van der Waals surface area contributed by atoms with Crippen LogP contribution in [-0.4, -0.2) is 65.8 Å². The summed E-state index contributed by atoms with van der Waals surface area (Å²) in [5.41, 5.74) is 0.161. The van der Waals surface area contributed by atoms with Crippen LogP contribution in [0.4, 0.5) is 18.0 Å². The van der Waals surface area contributed by atoms with Crippen molar-refractivity contribution < 1.29 is 27.4 Å². The number of likely N-dealkylation sites (tertiary alicyclic amines) is 2. The maximum Gasteiger partial charge on any atom is 0.417 e. The maximum absolute atomic E-state index is 13.3. The average molecular weight is 530 g/mol. The second kappa shape index (κ2) is 9.67. The number of hydrogen-bond acceptors (Lipinski definition) is 4. The third-order valence-electron chi connectivity index (χ3n) is 7.03. The lowest BCUT2D eigenvalue weighted by Gasteiger charge is -2.31. The Hall–Kier alpha value is -2.23. The first-order valence-corrected chi connectivity index (χ1v) is 12.2. The summed E-state index contributed by atoms with van der Waals surface area (Å²) in [4.78, 5) is 20.9. The van der Waals surface area contributed by atoms with Crippen LogP contribution >= 0.6 is 23.2 Å². The minimum absolute atomic E-state index is 0.0127. The van der Waals surface area contributed by atoms with Gasteiger partial charge in [-0.3, -0.25) is 0 Å². The van der Waals surface area contributed by atoms with E-state index in [4.69, 9.17) is 32.7 Å². The molecule has 3 fully saturated rings. The Morgan fingerprint density at radius 2 is 1.97 bits per heavy atom. The Bertz CT molecular complexity index is 1090. The predicted molar refractivity (Wildman–Crippen MR) is 124 cm³/mol. The van der Waals surface area contributed by atoms with E-state index in [1.54, 1.807) is 6.07 Å². The topological polar surface area (TPSA) is 54.9 Å². The van der Waals surface area contributed by atoms with Crippen molar-refractivity contribution in [2.24, 2.45) is 5.92 Å². The van der Waals surface area contributed by atoms with Crippen LogP contribution in [0, 0.1) is 5.92 Å². The van der Waals surface area contributed by atoms with Gasteiger partial charge in [0.15, 0.2) is 0 Å². The molecule has 0 aliphatic carbocycles. The van der Waals surface area contributed by atoms with Crippen LogP contribution in [0.15, 0.2) is 36.5 Å². The SMILES string of the molecule is O=C(N1C[C@@H](CCOc2ccc(C(F)(F)F)cn2)[C@@H](c2ccc(Cl)c(Cl)c2)C1)N1CC2CC1CO2. The monoisotopic (exact) mass is 529 g/mol. The minimum Gasteiger partial charge on any atom is -0.478 e. The van der Waals surface area contributed by atoms with E-state index in [-0.39, 0.29) is 42.5 Å². The number of halogens is 5. The summed E-state index contributed by atoms with van der Waals surface area (Å²) >= 11 is 12.4. The quantitative estimate of drug-likeness (QED) is 0.514. The van der Waals surface area contributed by atoms with Crippen molar-refractivity contribution in [3.8, 4) is 5.88 Å². The molecule has 1 aromatic carbocycles. The number of ether oxygens (including phenoxy) is 2. The van der Waals surface area contributed by atoms with E-state index in [2.05, 4.69) is 4.98 Å². The third kappa shape index (κ3) is 5.17. The van der Waals surface area contributed by atoms with Gasteiger partial charge in [-0.1, -0.05) is 29.3 Å². The second-order valence-corrected chi connectivity index (χ2v) is 10.1. The first kappa shape index (κ1) is 24.5. The highest BCUT2D eigenvalue weighted by Gasteiger charge is 2.45. The average Bonchev–Trinajstić information content (AvgIpc) is 3.56. The van der Waals surface area contributed by atoms with Gasteiger partial charge < -0.3 is 19.3 Å². The second-order valence-electron chi connectivity index (χ2n) is 9.24. The van der Waals surface area contributed by atoms with Crippen LogP contribution in [0.2, 0.25) is 10.0 Å². The molecule has 5 rings (SSSR count). The van der Waals surface area contributed by atoms with Crippen molar-refractivity contribution in [2.75, 3.05) is 32.8 Å². The summed E-state index contributed by atoms with van der Waals surface area (Å²) in [7, 11) is 0. The number of nitrogens with zero attached hydrogens (tertiary/aromatic N) is 3. The predicted octanol–water partition coefficient (Wildman–Crippen LogP) is 5.48. The summed E-state index contributed by atoms with van der Waals surface area (Å²) in [6, 6.07) is 7.81. The van der Waals surface area contributed by atoms with E-state index in [1.165, 1.54) is 6.07 Å². The van der Waals surface area contributed by atoms with Gasteiger partial charge >= 0.3 is 12.2 Å². The highest BCUT2D eigenvalue weighted by atomic mass is 35.5. The van der Waals surface area contributed by atoms with E-state index >= 15 is 0 Å². The largest absolute Gasteiger partial charge is 0.478 e. The fourth-order valence-corrected chi connectivity index (χ4v) is 5.51. The Balaban J connectivity index is 1.27. The van der Waals surface area contributed by atoms with Gasteiger partial charge in [0.2, 0.25) is 5.88 Å². The molecule has 0 radical (unpaired) electrons. The van der Waals surface area contributed by atoms with E-state index in [9.17, 15) is 18.0 Å². The van der Waals surface area contributed by atoms with Crippen LogP contribution in [-0.2, 0) is 10.9 Å². The Morgan fingerprint density at radius 1 is 1.14 bits per heavy atom. The Kier molecular flexibility index (Phi) is 6.76. The van der Waals surface area contributed by atoms with E-state index < -0.39 is 11.7 Å². The van der Waals surface area contributed by atoms with E-state index in [1.807, 2.05) is 21.9 Å². The molecule has 2 aromatic rings. The first-order chi connectivity index (χ1) is 16.7. The molecule has 2 unspecified atom stereocenters. The third-order valence-corrected chi connectivity index (χ3v) is 7.77. The lowest BCUT2D eigenvalue weighted by Crippen LogP contribution is -2.48. The summed E-state index contributed by atoms with van der Waals surface area (Å²) in [6.45, 7) is 2.53. The minimum atomic E-state index is -4.45. The highest BCUT2D eigenvalue weighted by molar-refractivity contribution is 6.42. The maximum atomic E-state index is 13.3. The first-order valence-electron chi connectivity index (χ1n) is 11.5. The van der Waals surface area contributed by atoms with Gasteiger partial charge in [0.25, 0.3) is 0 Å². The number of pyridine rings is 1. The lowest BCUT2D eigenvalue weighted by atomic mass is 9.87. The molecule has 6 nitrogen and oxygen atoms in total. The molecule has 0 spiro atoms. The molecular weight excluding hydrogens is 506 g/mol. The van der Waals surface area contributed by atoms with Gasteiger partial charge in [0, 0.05) is 37.8 Å². The number of carbonyl (C=O) groups is 1. The van der Waals surface area contributed by atoms with E-state index in [0.717, 1.165) is 24.2 Å². The highest BCUT2D eigenvalue weighted by Crippen LogP contribution is 2.39. The van der Waals surface area contributed by atoms with Crippen molar-refractivity contribution in [2.45, 2.75) is 37.1 Å². The van der Waals surface area contributed by atoms with Gasteiger partial charge in [-0.2, -0.15) is 13.2 Å². The number of rotatable bonds is 5. The standard InChI is InChI=1S/C24H24Cl2F3N3O3/c25-20-3-1-14(7-21(20)26)19-12-31(23(33)32-11-18-8-17(32)13-35-18)10-15(19)5-6-34-22-4-2-16(9-30-22)24(27,28)29/h1-4,7,9,15,17-19H,5-6,8,10-13H2/t15-,17?,18?,19-/m1/s1. The number of hydrogen-bond donors (Lipinski definition) is 0. The Labute approximate surface area is 210 Å². The molecule has 3 aliphatic heterocycles. The molecule has 3 aliphatic rings. The fraction of sp³-hybridized carbons (Fsp3) is 0.500. The van der Waals surface area contributed by atoms with Gasteiger partial charge in [-0.05, 0) is 42.5 Å². The molecule has 0 saturated carbocycles. The number of urea groups is 1. The van der Waals surface area contributed by atoms with Crippen LogP contribution in [0.25, 0.3) is 0 Å². The molecule has 2 amide bonds. The smallest absolute Gasteiger partial charge is 0.417 e. The van der Waals surface area contributed by atoms with Gasteiger partial charge in [-0.15, -0.1) is 0 Å². The van der Waals surface area contributed by atoms with Crippen molar-refractivity contribution >= 4 is 29.2 Å². The van der Waals surface area contributed by atoms with Crippen molar-refractivity contribution in [3.63, 3.8) is 0 Å². The van der Waals surface area contributed by atoms with Crippen molar-refractivity contribution in [1.29, 1.82) is 0 Å². The lowest BCUT2D eigenvalue weighted by molar-refractivity contribution is -0.137. The molecule has 4 heterocycles. The van der Waals surface area contributed by atoms with Crippen molar-refractivity contribution in [3.05, 3.63) is 57.7 Å². The van der Waals surface area contributed by atoms with E-state index in [0.29, 0.717) is 42.7 Å². The zero-order chi connectivity index (χ0) is 24.7. The Morgan fingerprint density at radius 3 is 2.60 bits per heavy atom. The number of fused-ring (bicyclic) bond motifs is 2. The van der Waals surface area contributed by atoms with Crippen LogP contribution in [0.5, 0.6) is 5.88 Å². The fourth-order valence-electron chi connectivity index (χ4n) is 5.20. The van der Waals surface area contributed by atoms with Crippen LogP contribution in [0.1, 0.15) is 29.9 Å². The van der Waals surface area contributed by atoms with Gasteiger partial charge in [0.1, 0.15) is 0 Å². The summed E-state index contributed by atoms with van der Waals surface area (Å²) in [5, 5.41) is 0.912. The normalized spacial score (nSPS) is 26.0. The molecule has 1 aromatic heterocycles. The molecule has 4 atom stereocenters. The zero-order valence-corrected chi connectivity index (χ0v) is 20.2. The summed E-state index contributed by atoms with van der Waals surface area (Å²) in [5.74, 6) is 0.221. The number of benzene rings is 1. The number of morpholine rings is 1. The zero-order valence-electron chi connectivity index (χ0n) is 18.7. The number of carbonyl (C=O) groups excluding carboxylic acids is 1. The van der Waals surface area contributed by atoms with Crippen LogP contribution < -0.4 is 4.74 Å². The number of aromatic nitrogens is 1. The van der Waals surface area contributed by atoms with Crippen LogP contribution in [0.3, 0.4) is 0 Å². The molecule has 11 heteroatoms. The number of alkyl halides is 3. The summed E-state index contributed by atoms with van der Waals surface area (Å²) < 4.78 is 49.5. The number of amides is 2. The molecule has 35 heavy (non-hydrogen) atoms. The molecule has 188 valence electrons. The molecule has 3 saturated heterocycles. The van der Waals surface area contributed by atoms with Gasteiger partial charge in [0.05, 0.1) is 41.0 Å².